The van der Waals surface area contributed by atoms with E-state index >= 15 is 0 Å². The number of nitrogens with one attached hydrogen (secondary N) is 1. The Morgan fingerprint density at radius 1 is 1.29 bits per heavy atom. The van der Waals surface area contributed by atoms with Gasteiger partial charge < -0.3 is 10.2 Å². The first kappa shape index (κ1) is 15.5. The summed E-state index contributed by atoms with van der Waals surface area (Å²) in [6.45, 7) is 1.42. The van der Waals surface area contributed by atoms with Crippen LogP contribution in [0.5, 0.6) is 0 Å². The molecule has 0 radical (unpaired) electrons. The lowest BCUT2D eigenvalue weighted by Crippen LogP contribution is -2.11. The number of hydrogen-bond donors (Lipinski definition) is 3. The van der Waals surface area contributed by atoms with Crippen LogP contribution in [0.4, 0.5) is 5.69 Å². The molecule has 0 aliphatic heterocycles. The molecule has 2 aromatic rings. The van der Waals surface area contributed by atoms with E-state index in [9.17, 15) is 13.2 Å². The van der Waals surface area contributed by atoms with E-state index in [0.717, 1.165) is 0 Å². The number of aliphatic hydroxyl groups excluding tert-OH is 1. The number of carboxylic acids is 1. The molecule has 112 valence electrons. The molecule has 0 unspecified atom stereocenters. The molecule has 0 atom stereocenters. The zero-order valence-electron chi connectivity index (χ0n) is 11.0. The number of rotatable bonds is 5. The van der Waals surface area contributed by atoms with E-state index < -0.39 is 16.0 Å². The number of sulfonamides is 1. The van der Waals surface area contributed by atoms with Crippen molar-refractivity contribution in [1.29, 1.82) is 0 Å². The molecule has 1 aromatic carbocycles. The SMILES string of the molecule is Cc1cc(S(=O)(=O)Nc2ccc(CO)cc2)sc1C(=O)O. The molecule has 0 amide bonds. The maximum atomic E-state index is 12.2. The number of carbonyl (C=O) groups is 1. The van der Waals surface area contributed by atoms with Crippen molar-refractivity contribution in [1.82, 2.24) is 0 Å². The van der Waals surface area contributed by atoms with Crippen LogP contribution in [0.1, 0.15) is 20.8 Å². The molecule has 6 nitrogen and oxygen atoms in total. The number of aliphatic hydroxyl groups is 1. The Kier molecular flexibility index (Phi) is 4.31. The third-order valence-corrected chi connectivity index (χ3v) is 5.82. The molecule has 3 N–H and O–H groups in total. The van der Waals surface area contributed by atoms with Crippen LogP contribution < -0.4 is 4.72 Å². The zero-order valence-corrected chi connectivity index (χ0v) is 12.7. The maximum absolute atomic E-state index is 12.2. The summed E-state index contributed by atoms with van der Waals surface area (Å²) in [4.78, 5) is 11.0. The summed E-state index contributed by atoms with van der Waals surface area (Å²) in [5, 5.41) is 17.9. The van der Waals surface area contributed by atoms with Crippen molar-refractivity contribution >= 4 is 33.0 Å². The molecule has 0 bridgehead atoms. The van der Waals surface area contributed by atoms with E-state index in [1.54, 1.807) is 19.1 Å². The Bertz CT molecular complexity index is 762. The molecular formula is C13H13NO5S2. The number of aromatic carboxylic acids is 1. The van der Waals surface area contributed by atoms with Gasteiger partial charge >= 0.3 is 5.97 Å². The lowest BCUT2D eigenvalue weighted by Gasteiger charge is -2.06. The van der Waals surface area contributed by atoms with E-state index in [1.807, 2.05) is 0 Å². The first-order valence-electron chi connectivity index (χ1n) is 5.90. The fourth-order valence-electron chi connectivity index (χ4n) is 1.68. The normalized spacial score (nSPS) is 11.3. The van der Waals surface area contributed by atoms with E-state index in [-0.39, 0.29) is 15.7 Å². The molecule has 8 heteroatoms. The molecule has 0 saturated heterocycles. The van der Waals surface area contributed by atoms with E-state index in [2.05, 4.69) is 4.72 Å². The van der Waals surface area contributed by atoms with Crippen LogP contribution in [-0.2, 0) is 16.6 Å². The third kappa shape index (κ3) is 3.41. The van der Waals surface area contributed by atoms with Crippen molar-refractivity contribution in [3.8, 4) is 0 Å². The van der Waals surface area contributed by atoms with Crippen molar-refractivity contribution in [3.63, 3.8) is 0 Å². The van der Waals surface area contributed by atoms with Crippen molar-refractivity contribution < 1.29 is 23.4 Å². The zero-order chi connectivity index (χ0) is 15.6. The maximum Gasteiger partial charge on any atom is 0.346 e. The Hall–Kier alpha value is -1.90. The average Bonchev–Trinajstić information content (AvgIpc) is 2.82. The molecule has 0 saturated carbocycles. The van der Waals surface area contributed by atoms with Gasteiger partial charge in [0.2, 0.25) is 0 Å². The van der Waals surface area contributed by atoms with Gasteiger partial charge in [0.15, 0.2) is 0 Å². The molecule has 0 spiro atoms. The highest BCUT2D eigenvalue weighted by molar-refractivity contribution is 7.94. The second-order valence-electron chi connectivity index (χ2n) is 4.34. The summed E-state index contributed by atoms with van der Waals surface area (Å²) >= 11 is 0.711. The van der Waals surface area contributed by atoms with Gasteiger partial charge in [-0.3, -0.25) is 4.72 Å². The summed E-state index contributed by atoms with van der Waals surface area (Å²) in [7, 11) is -3.83. The van der Waals surface area contributed by atoms with Crippen LogP contribution in [0, 0.1) is 6.92 Å². The minimum absolute atomic E-state index is 0.00556. The molecule has 1 aromatic heterocycles. The van der Waals surface area contributed by atoms with E-state index in [1.165, 1.54) is 18.2 Å². The Morgan fingerprint density at radius 2 is 1.90 bits per heavy atom. The van der Waals surface area contributed by atoms with Crippen molar-refractivity contribution in [3.05, 3.63) is 46.3 Å². The smallest absolute Gasteiger partial charge is 0.346 e. The number of thiophene rings is 1. The topological polar surface area (TPSA) is 104 Å². The Balaban J connectivity index is 2.29. The largest absolute Gasteiger partial charge is 0.477 e. The highest BCUT2D eigenvalue weighted by Crippen LogP contribution is 2.27. The van der Waals surface area contributed by atoms with E-state index in [4.69, 9.17) is 10.2 Å². The minimum atomic E-state index is -3.83. The van der Waals surface area contributed by atoms with Crippen molar-refractivity contribution in [2.24, 2.45) is 0 Å². The van der Waals surface area contributed by atoms with Gasteiger partial charge in [0.05, 0.1) is 6.61 Å². The first-order valence-corrected chi connectivity index (χ1v) is 8.20. The van der Waals surface area contributed by atoms with Gasteiger partial charge in [-0.05, 0) is 36.2 Å². The van der Waals surface area contributed by atoms with Crippen LogP contribution in [0.2, 0.25) is 0 Å². The summed E-state index contributed by atoms with van der Waals surface area (Å²) in [5.74, 6) is -1.15. The third-order valence-electron chi connectivity index (χ3n) is 2.74. The molecular weight excluding hydrogens is 314 g/mol. The van der Waals surface area contributed by atoms with Crippen molar-refractivity contribution in [2.45, 2.75) is 17.7 Å². The second kappa shape index (κ2) is 5.84. The van der Waals surface area contributed by atoms with E-state index in [0.29, 0.717) is 28.2 Å². The number of aryl methyl sites for hydroxylation is 1. The van der Waals surface area contributed by atoms with Crippen LogP contribution in [0.25, 0.3) is 0 Å². The van der Waals surface area contributed by atoms with Crippen LogP contribution in [0.3, 0.4) is 0 Å². The highest BCUT2D eigenvalue weighted by Gasteiger charge is 2.21. The number of anilines is 1. The molecule has 0 aliphatic rings. The number of hydrogen-bond acceptors (Lipinski definition) is 5. The fraction of sp³-hybridized carbons (Fsp3) is 0.154. The lowest BCUT2D eigenvalue weighted by molar-refractivity contribution is 0.0701. The van der Waals surface area contributed by atoms with Gasteiger partial charge in [-0.25, -0.2) is 13.2 Å². The average molecular weight is 327 g/mol. The van der Waals surface area contributed by atoms with Gasteiger partial charge in [0, 0.05) is 5.69 Å². The van der Waals surface area contributed by atoms with Crippen LogP contribution in [-0.4, -0.2) is 24.6 Å². The predicted molar refractivity (Wildman–Crippen MR) is 79.2 cm³/mol. The van der Waals surface area contributed by atoms with Gasteiger partial charge in [-0.15, -0.1) is 11.3 Å². The number of carboxylic acid groups (broad SMARTS) is 1. The van der Waals surface area contributed by atoms with Crippen LogP contribution in [0.15, 0.2) is 34.5 Å². The second-order valence-corrected chi connectivity index (χ2v) is 7.30. The standard InChI is InChI=1S/C13H13NO5S2/c1-8-6-11(20-12(8)13(16)17)21(18,19)14-10-4-2-9(7-15)3-5-10/h2-6,14-15H,7H2,1H3,(H,16,17). The Morgan fingerprint density at radius 3 is 2.38 bits per heavy atom. The predicted octanol–water partition coefficient (Wildman–Crippen LogP) is 2.05. The summed E-state index contributed by atoms with van der Waals surface area (Å²) in [6.07, 6.45) is 0. The monoisotopic (exact) mass is 327 g/mol. The minimum Gasteiger partial charge on any atom is -0.477 e. The summed E-state index contributed by atoms with van der Waals surface area (Å²) in [6, 6.07) is 7.59. The lowest BCUT2D eigenvalue weighted by atomic mass is 10.2. The molecule has 2 rings (SSSR count). The van der Waals surface area contributed by atoms with Crippen LogP contribution >= 0.6 is 11.3 Å². The molecule has 21 heavy (non-hydrogen) atoms. The highest BCUT2D eigenvalue weighted by atomic mass is 32.2. The summed E-state index contributed by atoms with van der Waals surface area (Å²) in [5.41, 5.74) is 1.41. The van der Waals surface area contributed by atoms with Gasteiger partial charge in [0.1, 0.15) is 9.09 Å². The molecule has 1 heterocycles. The fourth-order valence-corrected chi connectivity index (χ4v) is 4.12. The number of benzene rings is 1. The van der Waals surface area contributed by atoms with Crippen molar-refractivity contribution in [2.75, 3.05) is 4.72 Å². The first-order chi connectivity index (χ1) is 9.83. The molecule has 0 aliphatic carbocycles. The van der Waals surface area contributed by atoms with Gasteiger partial charge in [-0.2, -0.15) is 0 Å². The Labute approximate surface area is 125 Å². The van der Waals surface area contributed by atoms with Gasteiger partial charge in [0.25, 0.3) is 10.0 Å². The summed E-state index contributed by atoms with van der Waals surface area (Å²) < 4.78 is 26.7. The molecule has 0 fully saturated rings. The van der Waals surface area contributed by atoms with Gasteiger partial charge in [-0.1, -0.05) is 12.1 Å². The quantitative estimate of drug-likeness (QED) is 0.780.